The molecule has 0 aliphatic heterocycles. The highest BCUT2D eigenvalue weighted by Crippen LogP contribution is 2.41. The van der Waals surface area contributed by atoms with Gasteiger partial charge in [0.05, 0.1) is 5.41 Å². The van der Waals surface area contributed by atoms with E-state index in [1.807, 2.05) is 0 Å². The summed E-state index contributed by atoms with van der Waals surface area (Å²) < 4.78 is 9.73. The Morgan fingerprint density at radius 3 is 2.46 bits per heavy atom. The molecule has 1 aliphatic carbocycles. The Morgan fingerprint density at radius 2 is 2.00 bits per heavy atom. The van der Waals surface area contributed by atoms with Gasteiger partial charge in [-0.1, -0.05) is 19.8 Å². The summed E-state index contributed by atoms with van der Waals surface area (Å²) in [6.45, 7) is 2.14. The van der Waals surface area contributed by atoms with Crippen LogP contribution in [-0.4, -0.2) is 19.9 Å². The summed E-state index contributed by atoms with van der Waals surface area (Å²) in [7, 11) is 1.53. The van der Waals surface area contributed by atoms with E-state index in [2.05, 4.69) is 6.92 Å². The van der Waals surface area contributed by atoms with Gasteiger partial charge in [-0.25, -0.2) is 0 Å². The first kappa shape index (κ1) is 10.5. The van der Waals surface area contributed by atoms with Gasteiger partial charge in [0.1, 0.15) is 0 Å². The number of hydrogen-bond donors (Lipinski definition) is 0. The van der Waals surface area contributed by atoms with Crippen molar-refractivity contribution in [3.05, 3.63) is 0 Å². The maximum absolute atomic E-state index is 11.7. The minimum Gasteiger partial charge on any atom is -0.438 e. The van der Waals surface area contributed by atoms with Crippen molar-refractivity contribution in [2.45, 2.75) is 39.0 Å². The molecule has 0 aromatic rings. The predicted octanol–water partition coefficient (Wildman–Crippen LogP) is 2.10. The van der Waals surface area contributed by atoms with Gasteiger partial charge in [-0.15, -0.1) is 0 Å². The van der Waals surface area contributed by atoms with Crippen molar-refractivity contribution in [3.8, 4) is 0 Å². The second-order valence-corrected chi connectivity index (χ2v) is 3.68. The molecule has 0 aromatic carbocycles. The van der Waals surface area contributed by atoms with Crippen molar-refractivity contribution in [3.63, 3.8) is 0 Å². The Bertz CT molecular complexity index is 171. The zero-order valence-corrected chi connectivity index (χ0v) is 8.47. The maximum Gasteiger partial charge on any atom is 0.314 e. The lowest BCUT2D eigenvalue weighted by Gasteiger charge is -2.24. The molecular weight excluding hydrogens is 168 g/mol. The van der Waals surface area contributed by atoms with Crippen LogP contribution in [0.25, 0.3) is 0 Å². The van der Waals surface area contributed by atoms with Crippen molar-refractivity contribution < 1.29 is 14.3 Å². The van der Waals surface area contributed by atoms with E-state index in [1.54, 1.807) is 0 Å². The van der Waals surface area contributed by atoms with E-state index in [-0.39, 0.29) is 18.2 Å². The zero-order valence-electron chi connectivity index (χ0n) is 8.47. The predicted molar refractivity (Wildman–Crippen MR) is 49.2 cm³/mol. The molecule has 1 saturated carbocycles. The highest BCUT2D eigenvalue weighted by Gasteiger charge is 2.40. The maximum atomic E-state index is 11.7. The molecule has 13 heavy (non-hydrogen) atoms. The number of rotatable bonds is 4. The van der Waals surface area contributed by atoms with Crippen molar-refractivity contribution >= 4 is 5.97 Å². The number of hydrogen-bond acceptors (Lipinski definition) is 3. The molecule has 0 heterocycles. The van der Waals surface area contributed by atoms with E-state index >= 15 is 0 Å². The van der Waals surface area contributed by atoms with Crippen LogP contribution >= 0.6 is 0 Å². The smallest absolute Gasteiger partial charge is 0.314 e. The standard InChI is InChI=1S/C10H18O3/c1-3-10(6-4-5-7-10)9(11)13-8-12-2/h3-8H2,1-2H3. The van der Waals surface area contributed by atoms with Gasteiger partial charge < -0.3 is 9.47 Å². The minimum absolute atomic E-state index is 0.0747. The third-order valence-corrected chi connectivity index (χ3v) is 2.98. The summed E-state index contributed by atoms with van der Waals surface area (Å²) in [6.07, 6.45) is 5.14. The van der Waals surface area contributed by atoms with Gasteiger partial charge in [-0.2, -0.15) is 0 Å². The van der Waals surface area contributed by atoms with E-state index in [1.165, 1.54) is 7.11 Å². The summed E-state index contributed by atoms with van der Waals surface area (Å²) in [5.41, 5.74) is -0.196. The Morgan fingerprint density at radius 1 is 1.38 bits per heavy atom. The van der Waals surface area contributed by atoms with Crippen molar-refractivity contribution in [2.75, 3.05) is 13.9 Å². The van der Waals surface area contributed by atoms with Crippen LogP contribution in [0.15, 0.2) is 0 Å². The first-order valence-corrected chi connectivity index (χ1v) is 4.91. The normalized spacial score (nSPS) is 20.2. The third-order valence-electron chi connectivity index (χ3n) is 2.98. The van der Waals surface area contributed by atoms with Gasteiger partial charge in [0, 0.05) is 7.11 Å². The molecule has 0 aromatic heterocycles. The number of carbonyl (C=O) groups is 1. The summed E-state index contributed by atoms with van der Waals surface area (Å²) in [5.74, 6) is -0.0747. The van der Waals surface area contributed by atoms with E-state index in [0.29, 0.717) is 0 Å². The average Bonchev–Trinajstić information content (AvgIpc) is 2.63. The number of esters is 1. The van der Waals surface area contributed by atoms with E-state index < -0.39 is 0 Å². The van der Waals surface area contributed by atoms with Crippen molar-refractivity contribution in [1.82, 2.24) is 0 Å². The molecule has 0 spiro atoms. The van der Waals surface area contributed by atoms with Crippen LogP contribution in [0, 0.1) is 5.41 Å². The number of carbonyl (C=O) groups excluding carboxylic acids is 1. The quantitative estimate of drug-likeness (QED) is 0.498. The molecule has 0 unspecified atom stereocenters. The highest BCUT2D eigenvalue weighted by molar-refractivity contribution is 5.77. The molecule has 1 aliphatic rings. The molecule has 0 N–H and O–H groups in total. The van der Waals surface area contributed by atoms with Crippen LogP contribution in [0.2, 0.25) is 0 Å². The molecule has 0 bridgehead atoms. The molecule has 0 amide bonds. The SMILES string of the molecule is CCC1(C(=O)OCOC)CCCC1. The second kappa shape index (κ2) is 4.61. The van der Waals surface area contributed by atoms with Crippen LogP contribution in [0.3, 0.4) is 0 Å². The lowest BCUT2D eigenvalue weighted by Crippen LogP contribution is -2.29. The fourth-order valence-corrected chi connectivity index (χ4v) is 2.02. The summed E-state index contributed by atoms with van der Waals surface area (Å²) in [4.78, 5) is 11.7. The van der Waals surface area contributed by atoms with Crippen LogP contribution in [-0.2, 0) is 14.3 Å². The van der Waals surface area contributed by atoms with Crippen LogP contribution in [0.1, 0.15) is 39.0 Å². The van der Waals surface area contributed by atoms with Gasteiger partial charge in [0.15, 0.2) is 6.79 Å². The zero-order chi connectivity index (χ0) is 9.73. The molecule has 76 valence electrons. The molecule has 0 atom stereocenters. The molecule has 0 saturated heterocycles. The van der Waals surface area contributed by atoms with E-state index in [0.717, 1.165) is 32.1 Å². The lowest BCUT2D eigenvalue weighted by atomic mass is 9.84. The Hall–Kier alpha value is -0.570. The molecule has 1 rings (SSSR count). The van der Waals surface area contributed by atoms with Crippen LogP contribution < -0.4 is 0 Å². The summed E-state index contributed by atoms with van der Waals surface area (Å²) in [6, 6.07) is 0. The van der Waals surface area contributed by atoms with E-state index in [4.69, 9.17) is 9.47 Å². The molecule has 3 heteroatoms. The fourth-order valence-electron chi connectivity index (χ4n) is 2.02. The van der Waals surface area contributed by atoms with Crippen LogP contribution in [0.4, 0.5) is 0 Å². The van der Waals surface area contributed by atoms with E-state index in [9.17, 15) is 4.79 Å². The van der Waals surface area contributed by atoms with Gasteiger partial charge in [0.2, 0.25) is 0 Å². The lowest BCUT2D eigenvalue weighted by molar-refractivity contribution is -0.166. The summed E-state index contributed by atoms with van der Waals surface area (Å²) >= 11 is 0. The summed E-state index contributed by atoms with van der Waals surface area (Å²) in [5, 5.41) is 0. The van der Waals surface area contributed by atoms with Gasteiger partial charge >= 0.3 is 5.97 Å². The fraction of sp³-hybridized carbons (Fsp3) is 0.900. The molecule has 1 fully saturated rings. The monoisotopic (exact) mass is 186 g/mol. The van der Waals surface area contributed by atoms with Crippen molar-refractivity contribution in [1.29, 1.82) is 0 Å². The Balaban J connectivity index is 2.49. The average molecular weight is 186 g/mol. The molecule has 3 nitrogen and oxygen atoms in total. The van der Waals surface area contributed by atoms with Gasteiger partial charge in [0.25, 0.3) is 0 Å². The number of methoxy groups -OCH3 is 1. The molecule has 0 radical (unpaired) electrons. The van der Waals surface area contributed by atoms with Gasteiger partial charge in [-0.05, 0) is 19.3 Å². The third kappa shape index (κ3) is 2.21. The number of ether oxygens (including phenoxy) is 2. The Labute approximate surface area is 79.4 Å². The second-order valence-electron chi connectivity index (χ2n) is 3.68. The highest BCUT2D eigenvalue weighted by atomic mass is 16.7. The largest absolute Gasteiger partial charge is 0.438 e. The van der Waals surface area contributed by atoms with Gasteiger partial charge in [-0.3, -0.25) is 4.79 Å². The topological polar surface area (TPSA) is 35.5 Å². The van der Waals surface area contributed by atoms with Crippen LogP contribution in [0.5, 0.6) is 0 Å². The first-order valence-electron chi connectivity index (χ1n) is 4.91. The minimum atomic E-state index is -0.196. The Kier molecular flexibility index (Phi) is 3.72. The molecular formula is C10H18O3. The first-order chi connectivity index (χ1) is 6.25. The van der Waals surface area contributed by atoms with Crippen molar-refractivity contribution in [2.24, 2.45) is 5.41 Å².